The maximum Gasteiger partial charge on any atom is 0.274 e. The molecule has 1 aromatic rings. The number of aryl methyl sites for hydroxylation is 2. The van der Waals surface area contributed by atoms with Crippen molar-refractivity contribution in [2.24, 2.45) is 0 Å². The number of hydrogen-bond acceptors (Lipinski definition) is 4. The predicted octanol–water partition coefficient (Wildman–Crippen LogP) is 0.779. The summed E-state index contributed by atoms with van der Waals surface area (Å²) in [7, 11) is 1.65. The van der Waals surface area contributed by atoms with Gasteiger partial charge in [-0.1, -0.05) is 0 Å². The highest BCUT2D eigenvalue weighted by molar-refractivity contribution is 5.97. The van der Waals surface area contributed by atoms with Gasteiger partial charge in [0.05, 0.1) is 23.9 Å². The second kappa shape index (κ2) is 5.34. The summed E-state index contributed by atoms with van der Waals surface area (Å²) in [6.45, 7) is 4.65. The van der Waals surface area contributed by atoms with Crippen molar-refractivity contribution in [2.75, 3.05) is 19.3 Å². The molecule has 0 bridgehead atoms. The van der Waals surface area contributed by atoms with Crippen LogP contribution in [0.4, 0.5) is 5.69 Å². The summed E-state index contributed by atoms with van der Waals surface area (Å²) < 4.78 is 1.59. The molecule has 1 rings (SSSR count). The van der Waals surface area contributed by atoms with E-state index < -0.39 is 0 Å². The van der Waals surface area contributed by atoms with E-state index in [-0.39, 0.29) is 5.91 Å². The Hall–Kier alpha value is -2.03. The molecule has 0 saturated carbocycles. The van der Waals surface area contributed by atoms with Gasteiger partial charge in [-0.25, -0.2) is 0 Å². The van der Waals surface area contributed by atoms with Gasteiger partial charge in [-0.2, -0.15) is 10.4 Å². The van der Waals surface area contributed by atoms with Crippen molar-refractivity contribution >= 4 is 11.6 Å². The van der Waals surface area contributed by atoms with Crippen LogP contribution >= 0.6 is 0 Å². The van der Waals surface area contributed by atoms with Crippen LogP contribution < -0.4 is 5.73 Å². The molecule has 2 N–H and O–H groups in total. The van der Waals surface area contributed by atoms with Gasteiger partial charge in [0.15, 0.2) is 0 Å². The SMILES string of the molecule is CCn1nc(C)c(N)c1C(=O)N(C)CCC#N. The number of hydrogen-bond donors (Lipinski definition) is 1. The standard InChI is InChI=1S/C11H17N5O/c1-4-16-10(9(13)8(2)14-16)11(17)15(3)7-5-6-12/h4-5,7,13H2,1-3H3. The number of nitrogens with two attached hydrogens (primary N) is 1. The molecule has 17 heavy (non-hydrogen) atoms. The first kappa shape index (κ1) is 13.0. The third kappa shape index (κ3) is 2.56. The van der Waals surface area contributed by atoms with E-state index in [4.69, 9.17) is 11.0 Å². The van der Waals surface area contributed by atoms with Crippen molar-refractivity contribution < 1.29 is 4.79 Å². The van der Waals surface area contributed by atoms with Crippen molar-refractivity contribution in [3.63, 3.8) is 0 Å². The van der Waals surface area contributed by atoms with Crippen LogP contribution in [0, 0.1) is 18.3 Å². The molecule has 0 atom stereocenters. The highest BCUT2D eigenvalue weighted by Crippen LogP contribution is 2.18. The quantitative estimate of drug-likeness (QED) is 0.835. The highest BCUT2D eigenvalue weighted by atomic mass is 16.2. The molecule has 0 fully saturated rings. The fraction of sp³-hybridized carbons (Fsp3) is 0.545. The fourth-order valence-electron chi connectivity index (χ4n) is 1.55. The number of aromatic nitrogens is 2. The van der Waals surface area contributed by atoms with Gasteiger partial charge >= 0.3 is 0 Å². The van der Waals surface area contributed by atoms with E-state index in [1.807, 2.05) is 13.0 Å². The minimum absolute atomic E-state index is 0.194. The van der Waals surface area contributed by atoms with Gasteiger partial charge in [-0.3, -0.25) is 9.48 Å². The number of anilines is 1. The third-order valence-electron chi connectivity index (χ3n) is 2.58. The smallest absolute Gasteiger partial charge is 0.274 e. The summed E-state index contributed by atoms with van der Waals surface area (Å²) >= 11 is 0. The van der Waals surface area contributed by atoms with E-state index >= 15 is 0 Å². The maximum absolute atomic E-state index is 12.1. The molecule has 1 amide bonds. The Bertz CT molecular complexity index is 457. The van der Waals surface area contributed by atoms with Crippen LogP contribution in [0.2, 0.25) is 0 Å². The minimum atomic E-state index is -0.194. The van der Waals surface area contributed by atoms with Crippen molar-refractivity contribution in [3.05, 3.63) is 11.4 Å². The Balaban J connectivity index is 2.99. The zero-order valence-corrected chi connectivity index (χ0v) is 10.4. The molecule has 1 heterocycles. The van der Waals surface area contributed by atoms with E-state index in [2.05, 4.69) is 5.10 Å². The lowest BCUT2D eigenvalue weighted by Gasteiger charge is -2.16. The Morgan fingerprint density at radius 1 is 1.65 bits per heavy atom. The first-order chi connectivity index (χ1) is 8.02. The molecule has 1 aromatic heterocycles. The Kier molecular flexibility index (Phi) is 4.10. The molecular weight excluding hydrogens is 218 g/mol. The van der Waals surface area contributed by atoms with Crippen molar-refractivity contribution in [2.45, 2.75) is 26.8 Å². The molecule has 0 unspecified atom stereocenters. The zero-order valence-electron chi connectivity index (χ0n) is 10.4. The van der Waals surface area contributed by atoms with Gasteiger partial charge < -0.3 is 10.6 Å². The van der Waals surface area contributed by atoms with Gasteiger partial charge in [-0.15, -0.1) is 0 Å². The summed E-state index contributed by atoms with van der Waals surface area (Å²) in [4.78, 5) is 13.6. The summed E-state index contributed by atoms with van der Waals surface area (Å²) in [5.41, 5.74) is 7.33. The Labute approximate surface area is 101 Å². The lowest BCUT2D eigenvalue weighted by atomic mass is 10.2. The van der Waals surface area contributed by atoms with Crippen LogP contribution in [-0.2, 0) is 6.54 Å². The molecule has 0 aliphatic heterocycles. The number of nitriles is 1. The number of carbonyl (C=O) groups is 1. The van der Waals surface area contributed by atoms with Crippen molar-refractivity contribution in [1.82, 2.24) is 14.7 Å². The van der Waals surface area contributed by atoms with E-state index in [9.17, 15) is 4.79 Å². The normalized spacial score (nSPS) is 10.0. The molecule has 92 valence electrons. The van der Waals surface area contributed by atoms with Gasteiger partial charge in [-0.05, 0) is 13.8 Å². The molecule has 6 heteroatoms. The summed E-state index contributed by atoms with van der Waals surface area (Å²) in [6, 6.07) is 2.01. The number of nitrogen functional groups attached to an aromatic ring is 1. The van der Waals surface area contributed by atoms with Crippen LogP contribution in [0.25, 0.3) is 0 Å². The fourth-order valence-corrected chi connectivity index (χ4v) is 1.55. The topological polar surface area (TPSA) is 87.9 Å². The molecule has 0 aliphatic carbocycles. The molecule has 0 aliphatic rings. The van der Waals surface area contributed by atoms with Crippen LogP contribution in [0.15, 0.2) is 0 Å². The van der Waals surface area contributed by atoms with Crippen LogP contribution in [0.1, 0.15) is 29.5 Å². The number of amides is 1. The van der Waals surface area contributed by atoms with Crippen LogP contribution in [0.5, 0.6) is 0 Å². The summed E-state index contributed by atoms with van der Waals surface area (Å²) in [5, 5.41) is 12.7. The average molecular weight is 235 g/mol. The summed E-state index contributed by atoms with van der Waals surface area (Å²) in [5.74, 6) is -0.194. The maximum atomic E-state index is 12.1. The third-order valence-corrected chi connectivity index (χ3v) is 2.58. The van der Waals surface area contributed by atoms with Gasteiger partial charge in [0.2, 0.25) is 0 Å². The average Bonchev–Trinajstić information content (AvgIpc) is 2.61. The minimum Gasteiger partial charge on any atom is -0.395 e. The Morgan fingerprint density at radius 3 is 2.82 bits per heavy atom. The second-order valence-electron chi connectivity index (χ2n) is 3.80. The van der Waals surface area contributed by atoms with Gasteiger partial charge in [0.25, 0.3) is 5.91 Å². The lowest BCUT2D eigenvalue weighted by Crippen LogP contribution is -2.30. The zero-order chi connectivity index (χ0) is 13.0. The lowest BCUT2D eigenvalue weighted by molar-refractivity contribution is 0.0787. The number of rotatable bonds is 4. The highest BCUT2D eigenvalue weighted by Gasteiger charge is 2.21. The predicted molar refractivity (Wildman–Crippen MR) is 64.2 cm³/mol. The van der Waals surface area contributed by atoms with Crippen molar-refractivity contribution in [1.29, 1.82) is 5.26 Å². The molecule has 6 nitrogen and oxygen atoms in total. The molecule has 0 aromatic carbocycles. The van der Waals surface area contributed by atoms with Crippen molar-refractivity contribution in [3.8, 4) is 6.07 Å². The molecule has 0 spiro atoms. The van der Waals surface area contributed by atoms with E-state index in [0.29, 0.717) is 36.6 Å². The Morgan fingerprint density at radius 2 is 2.29 bits per heavy atom. The first-order valence-electron chi connectivity index (χ1n) is 5.48. The number of nitrogens with zero attached hydrogens (tertiary/aromatic N) is 4. The van der Waals surface area contributed by atoms with Crippen LogP contribution in [0.3, 0.4) is 0 Å². The molecule has 0 saturated heterocycles. The van der Waals surface area contributed by atoms with Crippen LogP contribution in [-0.4, -0.2) is 34.2 Å². The first-order valence-corrected chi connectivity index (χ1v) is 5.48. The van der Waals surface area contributed by atoms with E-state index in [0.717, 1.165) is 0 Å². The monoisotopic (exact) mass is 235 g/mol. The van der Waals surface area contributed by atoms with E-state index in [1.54, 1.807) is 18.7 Å². The molecule has 0 radical (unpaired) electrons. The van der Waals surface area contributed by atoms with Gasteiger partial charge in [0, 0.05) is 20.1 Å². The van der Waals surface area contributed by atoms with E-state index in [1.165, 1.54) is 4.90 Å². The van der Waals surface area contributed by atoms with Gasteiger partial charge in [0.1, 0.15) is 5.69 Å². The summed E-state index contributed by atoms with van der Waals surface area (Å²) in [6.07, 6.45) is 0.307. The molecular formula is C11H17N5O. The largest absolute Gasteiger partial charge is 0.395 e. The second-order valence-corrected chi connectivity index (χ2v) is 3.80. The number of carbonyl (C=O) groups excluding carboxylic acids is 1.